The highest BCUT2D eigenvalue weighted by atomic mass is 16.7. The highest BCUT2D eigenvalue weighted by Gasteiger charge is 2.33. The molecule has 3 aromatic rings. The van der Waals surface area contributed by atoms with Crippen molar-refractivity contribution in [2.45, 2.75) is 78.9 Å². The minimum atomic E-state index is -0.938. The van der Waals surface area contributed by atoms with Crippen molar-refractivity contribution in [3.8, 4) is 5.75 Å². The van der Waals surface area contributed by atoms with Crippen LogP contribution in [0.25, 0.3) is 10.8 Å². The lowest BCUT2D eigenvalue weighted by atomic mass is 9.89. The number of ether oxygens (including phenoxy) is 3. The summed E-state index contributed by atoms with van der Waals surface area (Å²) in [6.07, 6.45) is -0.362. The first-order chi connectivity index (χ1) is 22.8. The van der Waals surface area contributed by atoms with E-state index in [9.17, 15) is 14.4 Å². The Morgan fingerprint density at radius 1 is 0.854 bits per heavy atom. The first kappa shape index (κ1) is 38.3. The maximum absolute atomic E-state index is 14.3. The molecule has 3 aromatic carbocycles. The van der Waals surface area contributed by atoms with Crippen LogP contribution in [0, 0.1) is 5.92 Å². The molecule has 4 amide bonds. The lowest BCUT2D eigenvalue weighted by molar-refractivity contribution is -0.170. The van der Waals surface area contributed by atoms with Crippen LogP contribution in [0.3, 0.4) is 0 Å². The number of amides is 4. The van der Waals surface area contributed by atoms with Gasteiger partial charge in [0, 0.05) is 39.1 Å². The number of nitrogens with one attached hydrogen (secondary N) is 4. The minimum Gasteiger partial charge on any atom is -0.488 e. The number of hydrogen-bond donors (Lipinski definition) is 4. The minimum absolute atomic E-state index is 0.167. The number of carbonyl (C=O) groups excluding carboxylic acids is 3. The molecule has 0 saturated carbocycles. The van der Waals surface area contributed by atoms with E-state index in [1.807, 2.05) is 108 Å². The van der Waals surface area contributed by atoms with Gasteiger partial charge in [-0.1, -0.05) is 61.5 Å². The standard InChI is InChI=1S/C37H53N5O6/c1-9-38-36(45)41-42(8)24-32(43)39-31(23-26-19-21-28(22-20-26)48-37(5,6)7)34(44)40-33(25(4)35(46-10-2)47-11-3)30-18-14-16-27-15-12-13-17-29(27)30/h12-22,25,31,33,35H,9-11,23-24H2,1-8H3,(H,39,43)(H,40,44)(H2,38,41,45)/t25-,31?,33-/m0/s1. The summed E-state index contributed by atoms with van der Waals surface area (Å²) in [5.41, 5.74) is 3.98. The largest absolute Gasteiger partial charge is 0.488 e. The number of likely N-dealkylation sites (N-methyl/N-ethyl adjacent to an activating group) is 1. The maximum atomic E-state index is 14.3. The fourth-order valence-corrected chi connectivity index (χ4v) is 5.47. The molecule has 48 heavy (non-hydrogen) atoms. The molecule has 262 valence electrons. The van der Waals surface area contributed by atoms with E-state index in [1.54, 1.807) is 14.0 Å². The molecule has 0 radical (unpaired) electrons. The Morgan fingerprint density at radius 3 is 2.12 bits per heavy atom. The van der Waals surface area contributed by atoms with Crippen molar-refractivity contribution in [2.24, 2.45) is 5.92 Å². The smallest absolute Gasteiger partial charge is 0.329 e. The molecule has 0 bridgehead atoms. The van der Waals surface area contributed by atoms with Crippen LogP contribution in [-0.4, -0.2) is 74.1 Å². The summed E-state index contributed by atoms with van der Waals surface area (Å²) in [4.78, 5) is 39.6. The Morgan fingerprint density at radius 2 is 1.50 bits per heavy atom. The molecule has 0 aromatic heterocycles. The third kappa shape index (κ3) is 11.8. The van der Waals surface area contributed by atoms with Gasteiger partial charge in [-0.25, -0.2) is 9.80 Å². The van der Waals surface area contributed by atoms with Gasteiger partial charge in [0.1, 0.15) is 17.4 Å². The van der Waals surface area contributed by atoms with Crippen molar-refractivity contribution in [3.05, 3.63) is 77.9 Å². The van der Waals surface area contributed by atoms with Crippen LogP contribution < -0.4 is 26.1 Å². The summed E-state index contributed by atoms with van der Waals surface area (Å²) in [5.74, 6) is -0.387. The first-order valence-corrected chi connectivity index (χ1v) is 16.7. The van der Waals surface area contributed by atoms with Crippen molar-refractivity contribution >= 4 is 28.6 Å². The lowest BCUT2D eigenvalue weighted by Crippen LogP contribution is -2.54. The molecule has 0 aliphatic heterocycles. The van der Waals surface area contributed by atoms with Crippen LogP contribution in [-0.2, 0) is 25.5 Å². The molecular formula is C37H53N5O6. The average Bonchev–Trinajstić information content (AvgIpc) is 3.02. The summed E-state index contributed by atoms with van der Waals surface area (Å²) >= 11 is 0. The molecule has 0 aliphatic carbocycles. The fourth-order valence-electron chi connectivity index (χ4n) is 5.47. The molecule has 11 heteroatoms. The number of rotatable bonds is 17. The van der Waals surface area contributed by atoms with Crippen LogP contribution in [0.2, 0.25) is 0 Å². The molecule has 3 atom stereocenters. The van der Waals surface area contributed by atoms with Crippen molar-refractivity contribution in [1.29, 1.82) is 0 Å². The third-order valence-electron chi connectivity index (χ3n) is 7.52. The summed E-state index contributed by atoms with van der Waals surface area (Å²) in [7, 11) is 1.58. The zero-order valence-corrected chi connectivity index (χ0v) is 29.6. The van der Waals surface area contributed by atoms with Gasteiger partial charge in [0.05, 0.1) is 12.6 Å². The van der Waals surface area contributed by atoms with E-state index in [-0.39, 0.29) is 30.4 Å². The van der Waals surface area contributed by atoms with Crippen LogP contribution in [0.1, 0.15) is 65.6 Å². The maximum Gasteiger partial charge on any atom is 0.329 e. The molecule has 0 aliphatic rings. The number of fused-ring (bicyclic) bond motifs is 1. The highest BCUT2D eigenvalue weighted by Crippen LogP contribution is 2.32. The number of nitrogens with zero attached hydrogens (tertiary/aromatic N) is 1. The molecule has 0 saturated heterocycles. The average molecular weight is 664 g/mol. The van der Waals surface area contributed by atoms with E-state index in [4.69, 9.17) is 14.2 Å². The summed E-state index contributed by atoms with van der Waals surface area (Å²) < 4.78 is 18.0. The van der Waals surface area contributed by atoms with Gasteiger partial charge in [-0.15, -0.1) is 0 Å². The van der Waals surface area contributed by atoms with Crippen molar-refractivity contribution in [2.75, 3.05) is 33.4 Å². The van der Waals surface area contributed by atoms with Crippen LogP contribution >= 0.6 is 0 Å². The van der Waals surface area contributed by atoms with E-state index in [0.717, 1.165) is 21.9 Å². The van der Waals surface area contributed by atoms with Crippen LogP contribution in [0.5, 0.6) is 5.75 Å². The second kappa shape index (κ2) is 18.4. The van der Waals surface area contributed by atoms with Gasteiger partial charge in [-0.2, -0.15) is 0 Å². The molecule has 3 rings (SSSR count). The lowest BCUT2D eigenvalue weighted by Gasteiger charge is -2.33. The Labute approximate surface area is 285 Å². The summed E-state index contributed by atoms with van der Waals surface area (Å²) in [6.45, 7) is 14.7. The Kier molecular flexibility index (Phi) is 14.6. The van der Waals surface area contributed by atoms with E-state index in [0.29, 0.717) is 25.5 Å². The van der Waals surface area contributed by atoms with Gasteiger partial charge in [-0.05, 0) is 75.6 Å². The van der Waals surface area contributed by atoms with Gasteiger partial charge in [0.15, 0.2) is 6.29 Å². The number of carbonyl (C=O) groups is 3. The second-order valence-corrected chi connectivity index (χ2v) is 12.7. The predicted octanol–water partition coefficient (Wildman–Crippen LogP) is 5.10. The summed E-state index contributed by atoms with van der Waals surface area (Å²) in [6, 6.07) is 19.6. The van der Waals surface area contributed by atoms with Crippen LogP contribution in [0.15, 0.2) is 66.7 Å². The van der Waals surface area contributed by atoms with Gasteiger partial charge >= 0.3 is 6.03 Å². The first-order valence-electron chi connectivity index (χ1n) is 16.7. The SMILES string of the molecule is CCNC(=O)NN(C)CC(=O)NC(Cc1ccc(OC(C)(C)C)cc1)C(=O)N[C@H](c1cccc2ccccc12)[C@H](C)C(OCC)OCC. The van der Waals surface area contributed by atoms with E-state index in [2.05, 4.69) is 21.4 Å². The van der Waals surface area contributed by atoms with Crippen molar-refractivity contribution in [3.63, 3.8) is 0 Å². The molecule has 0 fully saturated rings. The zero-order chi connectivity index (χ0) is 35.3. The summed E-state index contributed by atoms with van der Waals surface area (Å²) in [5, 5.41) is 12.2. The predicted molar refractivity (Wildman–Crippen MR) is 188 cm³/mol. The van der Waals surface area contributed by atoms with Crippen molar-refractivity contribution < 1.29 is 28.6 Å². The zero-order valence-electron chi connectivity index (χ0n) is 29.6. The molecule has 1 unspecified atom stereocenters. The monoisotopic (exact) mass is 663 g/mol. The third-order valence-corrected chi connectivity index (χ3v) is 7.52. The Hall–Kier alpha value is -4.19. The molecule has 11 nitrogen and oxygen atoms in total. The molecule has 0 heterocycles. The molecular weight excluding hydrogens is 610 g/mol. The fraction of sp³-hybridized carbons (Fsp3) is 0.486. The van der Waals surface area contributed by atoms with Gasteiger partial charge in [0.2, 0.25) is 11.8 Å². The number of hydrazine groups is 1. The molecule has 0 spiro atoms. The Balaban J connectivity index is 1.95. The second-order valence-electron chi connectivity index (χ2n) is 12.7. The normalized spacial score (nSPS) is 13.5. The van der Waals surface area contributed by atoms with E-state index >= 15 is 0 Å². The van der Waals surface area contributed by atoms with Gasteiger partial charge in [-0.3, -0.25) is 15.0 Å². The van der Waals surface area contributed by atoms with Gasteiger partial charge < -0.3 is 30.2 Å². The van der Waals surface area contributed by atoms with Crippen molar-refractivity contribution in [1.82, 2.24) is 26.4 Å². The van der Waals surface area contributed by atoms with E-state index in [1.165, 1.54) is 5.01 Å². The molecule has 4 N–H and O–H groups in total. The topological polar surface area (TPSA) is 130 Å². The van der Waals surface area contributed by atoms with Gasteiger partial charge in [0.25, 0.3) is 0 Å². The highest BCUT2D eigenvalue weighted by molar-refractivity contribution is 5.90. The quantitative estimate of drug-likeness (QED) is 0.117. The van der Waals surface area contributed by atoms with E-state index < -0.39 is 30.3 Å². The number of hydrogen-bond acceptors (Lipinski definition) is 7. The number of benzene rings is 3. The number of urea groups is 1. The Bertz CT molecular complexity index is 1460. The van der Waals surface area contributed by atoms with Crippen LogP contribution in [0.4, 0.5) is 4.79 Å².